The van der Waals surface area contributed by atoms with Crippen LogP contribution in [-0.4, -0.2) is 28.2 Å². The number of aromatic nitrogens is 2. The third-order valence-corrected chi connectivity index (χ3v) is 6.14. The Morgan fingerprint density at radius 3 is 2.87 bits per heavy atom. The lowest BCUT2D eigenvalue weighted by Crippen LogP contribution is -2.49. The third-order valence-electron chi connectivity index (χ3n) is 5.79. The van der Waals surface area contributed by atoms with Crippen LogP contribution in [0.4, 0.5) is 5.82 Å². The summed E-state index contributed by atoms with van der Waals surface area (Å²) >= 11 is 6.30. The Bertz CT molecular complexity index is 1280. The molecule has 2 heterocycles. The molecule has 0 saturated heterocycles. The number of hydrogen-bond donors (Lipinski definition) is 3. The van der Waals surface area contributed by atoms with E-state index in [1.165, 1.54) is 4.57 Å². The van der Waals surface area contributed by atoms with Crippen molar-refractivity contribution in [1.82, 2.24) is 9.88 Å². The number of fused-ring (bicyclic) bond motifs is 2. The van der Waals surface area contributed by atoms with Gasteiger partial charge in [0.2, 0.25) is 5.84 Å². The Labute approximate surface area is 185 Å². The van der Waals surface area contributed by atoms with Crippen LogP contribution in [-0.2, 0) is 13.0 Å². The summed E-state index contributed by atoms with van der Waals surface area (Å²) in [4.78, 5) is 30.3. The fourth-order valence-corrected chi connectivity index (χ4v) is 4.46. The minimum Gasteiger partial charge on any atom is -0.334 e. The molecule has 8 heteroatoms. The van der Waals surface area contributed by atoms with E-state index in [2.05, 4.69) is 4.98 Å². The number of carbonyl (C=O) groups is 1. The number of H-pyrrole nitrogens is 1. The van der Waals surface area contributed by atoms with E-state index in [9.17, 15) is 9.59 Å². The molecule has 7 nitrogen and oxygen atoms in total. The maximum Gasteiger partial charge on any atom is 0.321 e. The van der Waals surface area contributed by atoms with Crippen molar-refractivity contribution in [3.05, 3.63) is 68.0 Å². The molecule has 0 unspecified atom stereocenters. The number of halogens is 1. The lowest BCUT2D eigenvalue weighted by molar-refractivity contribution is -0.514. The van der Waals surface area contributed by atoms with Gasteiger partial charge in [-0.1, -0.05) is 30.7 Å². The predicted octanol–water partition coefficient (Wildman–Crippen LogP) is 3.18. The average Bonchev–Trinajstić information content (AvgIpc) is 2.74. The Hall–Kier alpha value is -3.19. The first kappa shape index (κ1) is 21.1. The number of amides is 1. The minimum atomic E-state index is -0.475. The molecule has 1 aliphatic rings. The summed E-state index contributed by atoms with van der Waals surface area (Å²) in [5, 5.41) is 9.09. The fourth-order valence-electron chi connectivity index (χ4n) is 4.17. The van der Waals surface area contributed by atoms with E-state index in [1.807, 2.05) is 38.1 Å². The molecule has 4 rings (SSSR count). The van der Waals surface area contributed by atoms with Crippen molar-refractivity contribution in [2.45, 2.75) is 39.7 Å². The van der Waals surface area contributed by atoms with Gasteiger partial charge in [0, 0.05) is 30.1 Å². The zero-order chi connectivity index (χ0) is 22.3. The molecule has 0 bridgehead atoms. The zero-order valence-electron chi connectivity index (χ0n) is 17.6. The normalized spacial score (nSPS) is 13.3. The first-order valence-electron chi connectivity index (χ1n) is 10.3. The van der Waals surface area contributed by atoms with Gasteiger partial charge in [-0.05, 0) is 54.7 Å². The molecule has 1 aliphatic heterocycles. The lowest BCUT2D eigenvalue weighted by Gasteiger charge is -2.30. The van der Waals surface area contributed by atoms with E-state index in [0.717, 1.165) is 28.1 Å². The summed E-state index contributed by atoms with van der Waals surface area (Å²) in [5.74, 6) is 0.117. The van der Waals surface area contributed by atoms with Crippen LogP contribution in [0.5, 0.6) is 0 Å². The lowest BCUT2D eigenvalue weighted by atomic mass is 9.98. The molecular formula is C23H25ClN5O2+. The Kier molecular flexibility index (Phi) is 5.54. The second kappa shape index (κ2) is 8.15. The number of aromatic amines is 1. The maximum absolute atomic E-state index is 13.4. The van der Waals surface area contributed by atoms with E-state index in [-0.39, 0.29) is 17.6 Å². The van der Waals surface area contributed by atoms with E-state index in [0.29, 0.717) is 42.5 Å². The monoisotopic (exact) mass is 438 g/mol. The van der Waals surface area contributed by atoms with Gasteiger partial charge in [0.25, 0.3) is 11.7 Å². The summed E-state index contributed by atoms with van der Waals surface area (Å²) in [6.07, 6.45) is 1.95. The van der Waals surface area contributed by atoms with Gasteiger partial charge in [0.05, 0.1) is 5.52 Å². The van der Waals surface area contributed by atoms with Crippen LogP contribution in [0.1, 0.15) is 46.8 Å². The number of nitrogens with two attached hydrogens (primary N) is 1. The van der Waals surface area contributed by atoms with Gasteiger partial charge in [-0.3, -0.25) is 9.59 Å². The van der Waals surface area contributed by atoms with E-state index in [4.69, 9.17) is 22.7 Å². The molecule has 160 valence electrons. The highest BCUT2D eigenvalue weighted by molar-refractivity contribution is 6.31. The summed E-state index contributed by atoms with van der Waals surface area (Å²) in [7, 11) is 0. The highest BCUT2D eigenvalue weighted by Gasteiger charge is 2.26. The number of nitrogens with zero attached hydrogens (tertiary/aromatic N) is 2. The van der Waals surface area contributed by atoms with Crippen molar-refractivity contribution in [1.29, 1.82) is 5.41 Å². The number of rotatable bonds is 3. The number of nitrogen functional groups attached to an aromatic ring is 1. The molecule has 0 aliphatic carbocycles. The SMILES string of the molecule is CCCC(=N)[n+]1c(N)c(=O)[nH]c2cc(C(=O)N3CCc4c(Cl)cccc4C3)c(C)cc21. The fraction of sp³-hybridized carbons (Fsp3) is 0.304. The maximum atomic E-state index is 13.4. The van der Waals surface area contributed by atoms with Crippen LogP contribution in [0.25, 0.3) is 11.0 Å². The van der Waals surface area contributed by atoms with Gasteiger partial charge in [0.1, 0.15) is 5.52 Å². The molecule has 0 radical (unpaired) electrons. The smallest absolute Gasteiger partial charge is 0.321 e. The molecule has 0 spiro atoms. The minimum absolute atomic E-state index is 0.0334. The van der Waals surface area contributed by atoms with E-state index >= 15 is 0 Å². The van der Waals surface area contributed by atoms with Gasteiger partial charge in [-0.25, -0.2) is 0 Å². The summed E-state index contributed by atoms with van der Waals surface area (Å²) in [5.41, 5.74) is 10.0. The van der Waals surface area contributed by atoms with Gasteiger partial charge in [-0.2, -0.15) is 9.98 Å². The number of benzene rings is 2. The largest absolute Gasteiger partial charge is 0.334 e. The highest BCUT2D eigenvalue weighted by Crippen LogP contribution is 2.27. The predicted molar refractivity (Wildman–Crippen MR) is 122 cm³/mol. The number of aryl methyl sites for hydroxylation is 1. The first-order chi connectivity index (χ1) is 14.8. The third kappa shape index (κ3) is 3.70. The van der Waals surface area contributed by atoms with Crippen molar-refractivity contribution < 1.29 is 9.36 Å². The summed E-state index contributed by atoms with van der Waals surface area (Å²) in [6.45, 7) is 4.89. The van der Waals surface area contributed by atoms with Gasteiger partial charge in [-0.15, -0.1) is 0 Å². The summed E-state index contributed by atoms with van der Waals surface area (Å²) in [6, 6.07) is 9.27. The first-order valence-corrected chi connectivity index (χ1v) is 10.7. The second-order valence-corrected chi connectivity index (χ2v) is 8.32. The molecule has 2 aromatic carbocycles. The molecule has 3 aromatic rings. The van der Waals surface area contributed by atoms with Crippen molar-refractivity contribution in [3.8, 4) is 0 Å². The van der Waals surface area contributed by atoms with Crippen LogP contribution in [0.15, 0.2) is 35.1 Å². The van der Waals surface area contributed by atoms with E-state index in [1.54, 1.807) is 11.0 Å². The van der Waals surface area contributed by atoms with Crippen molar-refractivity contribution >= 4 is 40.2 Å². The van der Waals surface area contributed by atoms with Crippen LogP contribution in [0, 0.1) is 12.3 Å². The second-order valence-electron chi connectivity index (χ2n) is 7.91. The molecule has 31 heavy (non-hydrogen) atoms. The van der Waals surface area contributed by atoms with Crippen LogP contribution < -0.4 is 15.9 Å². The van der Waals surface area contributed by atoms with Crippen molar-refractivity contribution in [2.75, 3.05) is 12.3 Å². The van der Waals surface area contributed by atoms with Gasteiger partial charge < -0.3 is 15.6 Å². The van der Waals surface area contributed by atoms with Crippen LogP contribution in [0.2, 0.25) is 5.02 Å². The average molecular weight is 439 g/mol. The Morgan fingerprint density at radius 2 is 2.13 bits per heavy atom. The molecule has 0 saturated carbocycles. The van der Waals surface area contributed by atoms with Gasteiger partial charge in [0.15, 0.2) is 0 Å². The Balaban J connectivity index is 1.76. The van der Waals surface area contributed by atoms with Gasteiger partial charge >= 0.3 is 5.56 Å². The number of anilines is 1. The molecular weight excluding hydrogens is 414 g/mol. The number of hydrogen-bond acceptors (Lipinski definition) is 4. The van der Waals surface area contributed by atoms with Crippen molar-refractivity contribution in [2.24, 2.45) is 0 Å². The molecule has 0 atom stereocenters. The molecule has 1 aromatic heterocycles. The molecule has 4 N–H and O–H groups in total. The number of carbonyl (C=O) groups excluding carboxylic acids is 1. The summed E-state index contributed by atoms with van der Waals surface area (Å²) < 4.78 is 1.47. The van der Waals surface area contributed by atoms with Crippen LogP contribution >= 0.6 is 11.6 Å². The number of nitrogens with one attached hydrogen (secondary N) is 2. The Morgan fingerprint density at radius 1 is 1.35 bits per heavy atom. The van der Waals surface area contributed by atoms with E-state index < -0.39 is 5.56 Å². The molecule has 1 amide bonds. The van der Waals surface area contributed by atoms with Crippen molar-refractivity contribution in [3.63, 3.8) is 0 Å². The molecule has 0 fully saturated rings. The standard InChI is InChI=1S/C23H24ClN5O2/c1-3-5-20(25)29-19-10-13(2)16(11-18(19)27-22(30)21(29)26)23(31)28-9-8-15-14(12-28)6-4-7-17(15)24/h4,6-7,10-11,25-26H,3,5,8-9,12H2,1-2H3,(H,27,30)/p+1. The van der Waals surface area contributed by atoms with Crippen LogP contribution in [0.3, 0.4) is 0 Å². The zero-order valence-corrected chi connectivity index (χ0v) is 18.3. The quantitative estimate of drug-likeness (QED) is 0.332. The topological polar surface area (TPSA) is 107 Å². The highest BCUT2D eigenvalue weighted by atomic mass is 35.5.